The number of nitrogens with zero attached hydrogens (tertiary/aromatic N) is 2. The Kier molecular flexibility index (Phi) is 5.91. The van der Waals surface area contributed by atoms with Crippen LogP contribution in [0.2, 0.25) is 0 Å². The van der Waals surface area contributed by atoms with E-state index in [0.717, 1.165) is 9.90 Å². The Labute approximate surface area is 169 Å². The smallest absolute Gasteiger partial charge is 0.230 e. The molecule has 1 aliphatic carbocycles. The van der Waals surface area contributed by atoms with Crippen molar-refractivity contribution in [1.29, 1.82) is 0 Å². The Morgan fingerprint density at radius 3 is 2.69 bits per heavy atom. The first-order valence-corrected chi connectivity index (χ1v) is 10.4. The van der Waals surface area contributed by atoms with Crippen molar-refractivity contribution >= 4 is 57.3 Å². The summed E-state index contributed by atoms with van der Waals surface area (Å²) in [5.41, 5.74) is 0.800. The van der Waals surface area contributed by atoms with Gasteiger partial charge in [0.15, 0.2) is 4.34 Å². The van der Waals surface area contributed by atoms with Crippen LogP contribution < -0.4 is 5.32 Å². The zero-order valence-electron chi connectivity index (χ0n) is 14.0. The van der Waals surface area contributed by atoms with Crippen molar-refractivity contribution in [3.8, 4) is 0 Å². The first kappa shape index (κ1) is 19.6. The number of amides is 1. The fourth-order valence-corrected chi connectivity index (χ4v) is 4.83. The van der Waals surface area contributed by atoms with Gasteiger partial charge in [0.1, 0.15) is 10.3 Å². The van der Waals surface area contributed by atoms with Crippen LogP contribution in [0.5, 0.6) is 0 Å². The summed E-state index contributed by atoms with van der Waals surface area (Å²) in [5, 5.41) is 11.4. The van der Waals surface area contributed by atoms with Gasteiger partial charge in [0.25, 0.3) is 0 Å². The topological polar surface area (TPSA) is 54.9 Å². The van der Waals surface area contributed by atoms with Gasteiger partial charge in [-0.3, -0.25) is 4.79 Å². The summed E-state index contributed by atoms with van der Waals surface area (Å²) in [5.74, 6) is 0.0878. The summed E-state index contributed by atoms with van der Waals surface area (Å²) in [6.07, 6.45) is 1.71. The van der Waals surface area contributed by atoms with Crippen molar-refractivity contribution in [2.45, 2.75) is 23.9 Å². The first-order chi connectivity index (χ1) is 12.3. The van der Waals surface area contributed by atoms with Crippen LogP contribution in [0.4, 0.5) is 9.52 Å². The fourth-order valence-electron chi connectivity index (χ4n) is 2.85. The summed E-state index contributed by atoms with van der Waals surface area (Å²) < 4.78 is 13.8. The maximum Gasteiger partial charge on any atom is 0.230 e. The Morgan fingerprint density at radius 1 is 1.35 bits per heavy atom. The molecule has 3 rings (SSSR count). The molecule has 1 aromatic carbocycles. The minimum atomic E-state index is -0.258. The molecule has 1 aromatic heterocycles. The fraction of sp³-hybridized carbons (Fsp3) is 0.353. The summed E-state index contributed by atoms with van der Waals surface area (Å²) in [6, 6.07) is 6.32. The number of thioether (sulfide) groups is 1. The lowest BCUT2D eigenvalue weighted by molar-refractivity contribution is -0.118. The van der Waals surface area contributed by atoms with Crippen LogP contribution in [0.25, 0.3) is 0 Å². The lowest BCUT2D eigenvalue weighted by Gasteiger charge is -2.01. The van der Waals surface area contributed by atoms with E-state index >= 15 is 0 Å². The molecule has 26 heavy (non-hydrogen) atoms. The first-order valence-electron chi connectivity index (χ1n) is 7.82. The molecule has 0 radical (unpaired) electrons. The van der Waals surface area contributed by atoms with Crippen molar-refractivity contribution < 1.29 is 9.18 Å². The maximum absolute atomic E-state index is 12.9. The number of hydrogen-bond donors (Lipinski definition) is 1. The van der Waals surface area contributed by atoms with Crippen LogP contribution in [0.1, 0.15) is 19.4 Å². The van der Waals surface area contributed by atoms with Crippen LogP contribution in [-0.4, -0.2) is 16.1 Å². The van der Waals surface area contributed by atoms with Crippen molar-refractivity contribution in [1.82, 2.24) is 10.2 Å². The molecule has 0 spiro atoms. The van der Waals surface area contributed by atoms with E-state index in [-0.39, 0.29) is 33.5 Å². The molecular formula is C17H16Cl2FN3OS2. The molecule has 138 valence electrons. The van der Waals surface area contributed by atoms with Gasteiger partial charge in [0.05, 0.1) is 5.92 Å². The van der Waals surface area contributed by atoms with E-state index in [4.69, 9.17) is 23.2 Å². The second kappa shape index (κ2) is 7.84. The Morgan fingerprint density at radius 2 is 2.04 bits per heavy atom. The normalized spacial score (nSPS) is 20.5. The number of benzene rings is 1. The number of rotatable bonds is 6. The van der Waals surface area contributed by atoms with Gasteiger partial charge < -0.3 is 5.32 Å². The molecule has 1 fully saturated rings. The van der Waals surface area contributed by atoms with Gasteiger partial charge in [0, 0.05) is 5.75 Å². The standard InChI is InChI=1S/C17H16Cl2FN3OS2/c1-17(2)11(7-12(18)19)13(17)14(24)21-15-22-23-16(26-15)25-8-9-3-5-10(20)6-4-9/h3-7,11,13H,8H2,1-2H3,(H,21,22,24)/t11-,13-/m0/s1. The number of hydrogen-bond acceptors (Lipinski definition) is 5. The largest absolute Gasteiger partial charge is 0.300 e. The molecule has 1 aliphatic rings. The second-order valence-corrected chi connectivity index (χ2v) is 9.77. The highest BCUT2D eigenvalue weighted by Gasteiger charge is 2.60. The van der Waals surface area contributed by atoms with E-state index in [1.165, 1.54) is 35.2 Å². The lowest BCUT2D eigenvalue weighted by atomic mass is 10.1. The number of carbonyl (C=O) groups is 1. The van der Waals surface area contributed by atoms with Gasteiger partial charge in [-0.25, -0.2) is 4.39 Å². The van der Waals surface area contributed by atoms with Gasteiger partial charge in [-0.05, 0) is 35.1 Å². The monoisotopic (exact) mass is 431 g/mol. The molecule has 0 aliphatic heterocycles. The van der Waals surface area contributed by atoms with Crippen LogP contribution in [-0.2, 0) is 10.5 Å². The molecule has 1 N–H and O–H groups in total. The summed E-state index contributed by atoms with van der Waals surface area (Å²) in [7, 11) is 0. The van der Waals surface area contributed by atoms with E-state index in [1.54, 1.807) is 18.2 Å². The molecule has 0 unspecified atom stereocenters. The zero-order valence-corrected chi connectivity index (χ0v) is 17.1. The van der Waals surface area contributed by atoms with E-state index in [2.05, 4.69) is 15.5 Å². The highest BCUT2D eigenvalue weighted by molar-refractivity contribution is 8.00. The molecule has 0 saturated heterocycles. The van der Waals surface area contributed by atoms with E-state index in [1.807, 2.05) is 13.8 Å². The van der Waals surface area contributed by atoms with E-state index in [9.17, 15) is 9.18 Å². The predicted molar refractivity (Wildman–Crippen MR) is 105 cm³/mol. The van der Waals surface area contributed by atoms with E-state index in [0.29, 0.717) is 10.9 Å². The molecule has 4 nitrogen and oxygen atoms in total. The Bertz CT molecular complexity index is 835. The lowest BCUT2D eigenvalue weighted by Crippen LogP contribution is -2.16. The average Bonchev–Trinajstić information content (AvgIpc) is 2.91. The molecule has 9 heteroatoms. The van der Waals surface area contributed by atoms with E-state index < -0.39 is 0 Å². The average molecular weight is 432 g/mol. The number of halogens is 3. The highest BCUT2D eigenvalue weighted by atomic mass is 35.5. The third-order valence-corrected chi connectivity index (χ3v) is 6.71. The maximum atomic E-state index is 12.9. The Balaban J connectivity index is 1.56. The number of allylic oxidation sites excluding steroid dienone is 1. The Hall–Kier alpha value is -1.15. The number of aromatic nitrogens is 2. The van der Waals surface area contributed by atoms with Gasteiger partial charge in [-0.1, -0.05) is 72.3 Å². The number of carbonyl (C=O) groups excluding carboxylic acids is 1. The summed E-state index contributed by atoms with van der Waals surface area (Å²) in [6.45, 7) is 4.00. The summed E-state index contributed by atoms with van der Waals surface area (Å²) in [4.78, 5) is 12.5. The van der Waals surface area contributed by atoms with Gasteiger partial charge in [0.2, 0.25) is 11.0 Å². The van der Waals surface area contributed by atoms with Gasteiger partial charge in [-0.2, -0.15) is 0 Å². The molecule has 1 heterocycles. The van der Waals surface area contributed by atoms with Crippen LogP contribution in [0, 0.1) is 23.1 Å². The second-order valence-electron chi connectivity index (χ2n) is 6.56. The molecule has 2 atom stereocenters. The van der Waals surface area contributed by atoms with Crippen LogP contribution >= 0.6 is 46.3 Å². The molecule has 1 amide bonds. The third-order valence-electron chi connectivity index (χ3n) is 4.41. The predicted octanol–water partition coefficient (Wildman–Crippen LogP) is 5.50. The molecule has 0 bridgehead atoms. The zero-order chi connectivity index (χ0) is 18.9. The molecule has 2 aromatic rings. The number of nitrogens with one attached hydrogen (secondary N) is 1. The highest BCUT2D eigenvalue weighted by Crippen LogP contribution is 2.60. The molecule has 1 saturated carbocycles. The third kappa shape index (κ3) is 4.57. The summed E-state index contributed by atoms with van der Waals surface area (Å²) >= 11 is 14.2. The van der Waals surface area contributed by atoms with Gasteiger partial charge >= 0.3 is 0 Å². The van der Waals surface area contributed by atoms with Crippen molar-refractivity contribution in [2.24, 2.45) is 17.3 Å². The number of anilines is 1. The SMILES string of the molecule is CC1(C)[C@H](C(=O)Nc2nnc(SCc3ccc(F)cc3)s2)[C@@H]1C=C(Cl)Cl. The minimum Gasteiger partial charge on any atom is -0.300 e. The van der Waals surface area contributed by atoms with Crippen molar-refractivity contribution in [3.63, 3.8) is 0 Å². The quantitative estimate of drug-likeness (QED) is 0.484. The minimum absolute atomic E-state index is 0.00717. The molecular weight excluding hydrogens is 416 g/mol. The van der Waals surface area contributed by atoms with Crippen molar-refractivity contribution in [3.05, 3.63) is 46.2 Å². The van der Waals surface area contributed by atoms with Gasteiger partial charge in [-0.15, -0.1) is 10.2 Å². The van der Waals surface area contributed by atoms with Crippen molar-refractivity contribution in [2.75, 3.05) is 5.32 Å². The van der Waals surface area contributed by atoms with Crippen LogP contribution in [0.3, 0.4) is 0 Å². The van der Waals surface area contributed by atoms with Crippen LogP contribution in [0.15, 0.2) is 39.2 Å².